The first-order valence-electron chi connectivity index (χ1n) is 9.45. The molecule has 1 N–H and O–H groups in total. The molecule has 0 amide bonds. The lowest BCUT2D eigenvalue weighted by molar-refractivity contribution is 0.0600. The summed E-state index contributed by atoms with van der Waals surface area (Å²) in [7, 11) is 1.74. The minimum absolute atomic E-state index is 0.256. The number of esters is 1. The molecule has 0 aromatic heterocycles. The lowest BCUT2D eigenvalue weighted by atomic mass is 10.1. The predicted molar refractivity (Wildman–Crippen MR) is 116 cm³/mol. The summed E-state index contributed by atoms with van der Waals surface area (Å²) < 4.78 is 29.5. The molecule has 2 rings (SSSR count). The van der Waals surface area contributed by atoms with Gasteiger partial charge < -0.3 is 24.0 Å². The fourth-order valence-electron chi connectivity index (χ4n) is 2.82. The van der Waals surface area contributed by atoms with Crippen LogP contribution in [-0.4, -0.2) is 40.4 Å². The van der Waals surface area contributed by atoms with Gasteiger partial charge in [0.15, 0.2) is 5.78 Å². The number of carbonyl (C=O) groups is 1. The zero-order chi connectivity index (χ0) is 21.4. The van der Waals surface area contributed by atoms with E-state index in [9.17, 15) is 9.36 Å². The lowest BCUT2D eigenvalue weighted by Crippen LogP contribution is -2.16. The van der Waals surface area contributed by atoms with Gasteiger partial charge in [0, 0.05) is 25.5 Å². The number of hydrogen-bond donors (Lipinski definition) is 1. The zero-order valence-electron chi connectivity index (χ0n) is 17.5. The van der Waals surface area contributed by atoms with Gasteiger partial charge in [-0.3, -0.25) is 4.57 Å². The number of methoxy groups -OCH3 is 1. The highest BCUT2D eigenvalue weighted by molar-refractivity contribution is 7.54. The van der Waals surface area contributed by atoms with Crippen LogP contribution in [0.15, 0.2) is 48.5 Å². The van der Waals surface area contributed by atoms with Gasteiger partial charge in [-0.15, -0.1) is 0 Å². The number of carbonyl (C=O) groups excluding carboxylic acids is 1. The molecule has 7 nitrogen and oxygen atoms in total. The second-order valence-corrected chi connectivity index (χ2v) is 8.59. The Kier molecular flexibility index (Phi) is 8.26. The van der Waals surface area contributed by atoms with E-state index in [0.29, 0.717) is 11.3 Å². The summed E-state index contributed by atoms with van der Waals surface area (Å²) in [6, 6.07) is 14.5. The van der Waals surface area contributed by atoms with Crippen LogP contribution in [0.2, 0.25) is 0 Å². The maximum Gasteiger partial charge on any atom is 0.357 e. The normalized spacial score (nSPS) is 12.3. The summed E-state index contributed by atoms with van der Waals surface area (Å²) in [4.78, 5) is 13.6. The Morgan fingerprint density at radius 1 is 1.00 bits per heavy atom. The Morgan fingerprint density at radius 2 is 1.55 bits per heavy atom. The van der Waals surface area contributed by atoms with Crippen molar-refractivity contribution in [2.24, 2.45) is 0 Å². The maximum absolute atomic E-state index is 13.6. The molecule has 0 fully saturated rings. The third kappa shape index (κ3) is 5.82. The van der Waals surface area contributed by atoms with E-state index in [0.717, 1.165) is 11.3 Å². The molecule has 2 aromatic rings. The molecule has 29 heavy (non-hydrogen) atoms. The van der Waals surface area contributed by atoms with Crippen molar-refractivity contribution in [3.63, 3.8) is 0 Å². The molecule has 1 atom stereocenters. The second kappa shape index (κ2) is 10.4. The molecule has 158 valence electrons. The van der Waals surface area contributed by atoms with Crippen LogP contribution in [0.1, 0.15) is 35.6 Å². The first-order valence-corrected chi connectivity index (χ1v) is 11.1. The van der Waals surface area contributed by atoms with Crippen LogP contribution in [0.5, 0.6) is 0 Å². The number of benzene rings is 2. The molecular weight excluding hydrogens is 391 g/mol. The van der Waals surface area contributed by atoms with E-state index in [2.05, 4.69) is 5.32 Å². The number of anilines is 2. The molecule has 2 aromatic carbocycles. The van der Waals surface area contributed by atoms with Crippen LogP contribution in [0.25, 0.3) is 0 Å². The van der Waals surface area contributed by atoms with Crippen molar-refractivity contribution in [1.29, 1.82) is 0 Å². The highest BCUT2D eigenvalue weighted by Crippen LogP contribution is 2.60. The summed E-state index contributed by atoms with van der Waals surface area (Å²) in [5.74, 6) is -1.12. The fourth-order valence-corrected chi connectivity index (χ4v) is 4.76. The average Bonchev–Trinajstić information content (AvgIpc) is 2.72. The summed E-state index contributed by atoms with van der Waals surface area (Å²) in [6.07, 6.45) is 0. The maximum atomic E-state index is 13.6. The predicted octanol–water partition coefficient (Wildman–Crippen LogP) is 4.92. The zero-order valence-corrected chi connectivity index (χ0v) is 18.4. The molecular formula is C21H29N2O5P. The van der Waals surface area contributed by atoms with Crippen LogP contribution in [0.3, 0.4) is 0 Å². The van der Waals surface area contributed by atoms with Crippen LogP contribution in [0.4, 0.5) is 11.4 Å². The van der Waals surface area contributed by atoms with E-state index in [1.807, 2.05) is 43.3 Å². The van der Waals surface area contributed by atoms with Crippen molar-refractivity contribution >= 4 is 24.9 Å². The molecule has 1 unspecified atom stereocenters. The van der Waals surface area contributed by atoms with Gasteiger partial charge in [0.1, 0.15) is 0 Å². The van der Waals surface area contributed by atoms with E-state index < -0.39 is 19.3 Å². The Balaban J connectivity index is 2.40. The highest BCUT2D eigenvalue weighted by Gasteiger charge is 2.37. The minimum atomic E-state index is -3.51. The quantitative estimate of drug-likeness (QED) is 0.432. The Morgan fingerprint density at radius 3 is 2.00 bits per heavy atom. The van der Waals surface area contributed by atoms with Gasteiger partial charge in [-0.1, -0.05) is 12.1 Å². The van der Waals surface area contributed by atoms with Crippen molar-refractivity contribution in [1.82, 2.24) is 0 Å². The van der Waals surface area contributed by atoms with Gasteiger partial charge in [0.25, 0.3) is 0 Å². The molecule has 0 saturated heterocycles. The van der Waals surface area contributed by atoms with Crippen LogP contribution in [0, 0.1) is 0 Å². The van der Waals surface area contributed by atoms with E-state index in [1.165, 1.54) is 7.11 Å². The molecule has 0 spiro atoms. The van der Waals surface area contributed by atoms with Crippen molar-refractivity contribution in [3.05, 3.63) is 59.7 Å². The van der Waals surface area contributed by atoms with Crippen molar-refractivity contribution < 1.29 is 23.1 Å². The van der Waals surface area contributed by atoms with E-state index in [4.69, 9.17) is 13.8 Å². The number of rotatable bonds is 10. The first kappa shape index (κ1) is 22.9. The minimum Gasteiger partial charge on any atom is -0.465 e. The van der Waals surface area contributed by atoms with E-state index in [-0.39, 0.29) is 13.2 Å². The lowest BCUT2D eigenvalue weighted by Gasteiger charge is -2.28. The van der Waals surface area contributed by atoms with Gasteiger partial charge in [-0.25, -0.2) is 4.79 Å². The number of ether oxygens (including phenoxy) is 1. The smallest absolute Gasteiger partial charge is 0.357 e. The molecule has 0 saturated carbocycles. The SMILES string of the molecule is CCOP(=O)(OCC)C(Nc1ccc(C(=O)OC)cc1)c1ccc(N(C)C)cc1. The highest BCUT2D eigenvalue weighted by atomic mass is 31.2. The van der Waals surface area contributed by atoms with Gasteiger partial charge in [-0.05, 0) is 55.8 Å². The summed E-state index contributed by atoms with van der Waals surface area (Å²) in [6.45, 7) is 4.07. The summed E-state index contributed by atoms with van der Waals surface area (Å²) in [5, 5.41) is 3.26. The van der Waals surface area contributed by atoms with Gasteiger partial charge in [0.2, 0.25) is 0 Å². The fraction of sp³-hybridized carbons (Fsp3) is 0.381. The van der Waals surface area contributed by atoms with E-state index >= 15 is 0 Å². The third-order valence-corrected chi connectivity index (χ3v) is 6.56. The number of nitrogens with zero attached hydrogens (tertiary/aromatic N) is 1. The monoisotopic (exact) mass is 420 g/mol. The Hall–Kier alpha value is -2.34. The molecule has 0 aliphatic heterocycles. The molecule has 0 aliphatic carbocycles. The van der Waals surface area contributed by atoms with Crippen LogP contribution < -0.4 is 10.2 Å². The molecule has 0 heterocycles. The topological polar surface area (TPSA) is 77.1 Å². The van der Waals surface area contributed by atoms with E-state index in [1.54, 1.807) is 38.1 Å². The number of nitrogens with one attached hydrogen (secondary N) is 1. The third-order valence-electron chi connectivity index (χ3n) is 4.27. The Bertz CT molecular complexity index is 827. The van der Waals surface area contributed by atoms with Gasteiger partial charge >= 0.3 is 13.6 Å². The van der Waals surface area contributed by atoms with Gasteiger partial charge in [0.05, 0.1) is 25.9 Å². The second-order valence-electron chi connectivity index (χ2n) is 6.48. The Labute approximate surface area is 172 Å². The van der Waals surface area contributed by atoms with Crippen molar-refractivity contribution in [3.8, 4) is 0 Å². The number of hydrogen-bond acceptors (Lipinski definition) is 7. The average molecular weight is 420 g/mol. The first-order chi connectivity index (χ1) is 13.8. The van der Waals surface area contributed by atoms with Crippen LogP contribution >= 0.6 is 7.60 Å². The molecule has 0 radical (unpaired) electrons. The molecule has 0 aliphatic rings. The van der Waals surface area contributed by atoms with Gasteiger partial charge in [-0.2, -0.15) is 0 Å². The molecule has 8 heteroatoms. The van der Waals surface area contributed by atoms with Crippen molar-refractivity contribution in [2.75, 3.05) is 44.6 Å². The van der Waals surface area contributed by atoms with Crippen molar-refractivity contribution in [2.45, 2.75) is 19.6 Å². The summed E-state index contributed by atoms with van der Waals surface area (Å²) >= 11 is 0. The van der Waals surface area contributed by atoms with Crippen LogP contribution in [-0.2, 0) is 18.3 Å². The largest absolute Gasteiger partial charge is 0.465 e. The summed E-state index contributed by atoms with van der Waals surface area (Å²) in [5.41, 5.74) is 2.91. The standard InChI is InChI=1S/C21H29N2O5P/c1-6-27-29(25,28-7-2)20(16-10-14-19(15-11-16)23(3)4)22-18-12-8-17(9-13-18)21(24)26-5/h8-15,20,22H,6-7H2,1-5H3. The molecule has 0 bridgehead atoms.